The van der Waals surface area contributed by atoms with E-state index in [1.807, 2.05) is 0 Å². The van der Waals surface area contributed by atoms with Gasteiger partial charge in [-0.25, -0.2) is 0 Å². The zero-order chi connectivity index (χ0) is 55.9. The van der Waals surface area contributed by atoms with E-state index in [9.17, 15) is 0 Å². The largest absolute Gasteiger partial charge is 0.425 e. The molecule has 3 aliphatic rings. The van der Waals surface area contributed by atoms with Crippen molar-refractivity contribution in [3.05, 3.63) is 94.3 Å². The zero-order valence-corrected chi connectivity index (χ0v) is 50.9. The highest BCUT2D eigenvalue weighted by Crippen LogP contribution is 2.40. The fraction of sp³-hybridized carbons (Fsp3) is 0.750. The molecule has 0 bridgehead atoms. The second-order valence-electron chi connectivity index (χ2n) is 26.1. The van der Waals surface area contributed by atoms with E-state index in [1.54, 1.807) is 0 Å². The van der Waals surface area contributed by atoms with Gasteiger partial charge in [-0.05, 0) is 152 Å². The topological polar surface area (TPSA) is 128 Å². The summed E-state index contributed by atoms with van der Waals surface area (Å²) in [4.78, 5) is 10.0. The molecule has 8 atom stereocenters. The quantitative estimate of drug-likeness (QED) is 0.0937. The van der Waals surface area contributed by atoms with Crippen LogP contribution >= 0.6 is 0 Å². The van der Waals surface area contributed by atoms with Crippen molar-refractivity contribution in [2.24, 2.45) is 23.7 Å². The van der Waals surface area contributed by atoms with Gasteiger partial charge in [0.1, 0.15) is 0 Å². The standard InChI is InChI=1S/C64H104N8O6/c1-43(2)27-55-39-73-47(9)35-69(11)58(30-46(7)8)42-76-60(32-50-17-21-52(22-18-50)34-62-66-68-64(78-62)54-25-26-54)38-72(14)56(28-44(3)4)40-74-48(10)36-70(12)57(29-45(5)6)41-75-59(37-71(55)13)31-49-15-19-51(20-16-49)33-61-65-67-63(77-61)53-23-24-53/h15-22,43-48,53-60H,23-42H2,1-14H3/t47-,48-,55+,56+,57+,58+,59-,60-/m1/s1. The van der Waals surface area contributed by atoms with Gasteiger partial charge in [0.15, 0.2) is 0 Å². The van der Waals surface area contributed by atoms with E-state index in [0.717, 1.165) is 102 Å². The first-order valence-corrected chi connectivity index (χ1v) is 30.4. The number of ether oxygens (including phenoxy) is 4. The molecule has 7 rings (SSSR count). The van der Waals surface area contributed by atoms with Crippen molar-refractivity contribution in [3.63, 3.8) is 0 Å². The summed E-state index contributed by atoms with van der Waals surface area (Å²) in [5.41, 5.74) is 4.87. The van der Waals surface area contributed by atoms with Crippen LogP contribution in [0.2, 0.25) is 0 Å². The molecule has 2 saturated carbocycles. The van der Waals surface area contributed by atoms with Gasteiger partial charge in [-0.1, -0.05) is 104 Å². The molecule has 14 nitrogen and oxygen atoms in total. The third-order valence-corrected chi connectivity index (χ3v) is 16.2. The molecule has 0 spiro atoms. The maximum absolute atomic E-state index is 7.20. The van der Waals surface area contributed by atoms with Crippen molar-refractivity contribution < 1.29 is 27.8 Å². The van der Waals surface area contributed by atoms with E-state index in [1.165, 1.54) is 22.3 Å². The Labute approximate surface area is 471 Å². The van der Waals surface area contributed by atoms with Gasteiger partial charge in [0.05, 0.1) is 63.7 Å². The second-order valence-corrected chi connectivity index (χ2v) is 26.1. The van der Waals surface area contributed by atoms with Crippen molar-refractivity contribution in [1.29, 1.82) is 0 Å². The highest BCUT2D eigenvalue weighted by molar-refractivity contribution is 5.26. The average molecular weight is 1080 g/mol. The lowest BCUT2D eigenvalue weighted by atomic mass is 10.0. The molecular weight excluding hydrogens is 977 g/mol. The predicted molar refractivity (Wildman–Crippen MR) is 312 cm³/mol. The molecule has 2 aromatic heterocycles. The van der Waals surface area contributed by atoms with Crippen LogP contribution < -0.4 is 0 Å². The molecule has 3 fully saturated rings. The molecule has 1 saturated heterocycles. The summed E-state index contributed by atoms with van der Waals surface area (Å²) < 4.78 is 40.2. The Bertz CT molecular complexity index is 2120. The molecule has 2 aliphatic carbocycles. The average Bonchev–Trinajstić information content (AvgIpc) is 4.33. The number of likely N-dealkylation sites (N-methyl/N-ethyl adjacent to an activating group) is 4. The van der Waals surface area contributed by atoms with Gasteiger partial charge in [0, 0.05) is 62.2 Å². The van der Waals surface area contributed by atoms with Gasteiger partial charge in [-0.3, -0.25) is 19.6 Å². The minimum Gasteiger partial charge on any atom is -0.425 e. The summed E-state index contributed by atoms with van der Waals surface area (Å²) in [5.74, 6) is 5.93. The fourth-order valence-electron chi connectivity index (χ4n) is 11.4. The molecule has 3 heterocycles. The highest BCUT2D eigenvalue weighted by Gasteiger charge is 2.32. The van der Waals surface area contributed by atoms with Crippen molar-refractivity contribution in [1.82, 2.24) is 40.0 Å². The zero-order valence-electron chi connectivity index (χ0n) is 50.9. The maximum Gasteiger partial charge on any atom is 0.220 e. The van der Waals surface area contributed by atoms with E-state index < -0.39 is 0 Å². The lowest BCUT2D eigenvalue weighted by Gasteiger charge is -2.37. The highest BCUT2D eigenvalue weighted by atomic mass is 16.5. The summed E-state index contributed by atoms with van der Waals surface area (Å²) in [6, 6.07) is 18.8. The Hall–Kier alpha value is -3.60. The first-order valence-electron chi connectivity index (χ1n) is 30.4. The Morgan fingerprint density at radius 1 is 0.410 bits per heavy atom. The summed E-state index contributed by atoms with van der Waals surface area (Å²) in [6.07, 6.45) is 11.7. The molecule has 0 N–H and O–H groups in total. The van der Waals surface area contributed by atoms with Crippen LogP contribution in [0.5, 0.6) is 0 Å². The van der Waals surface area contributed by atoms with Gasteiger partial charge in [-0.15, -0.1) is 20.4 Å². The van der Waals surface area contributed by atoms with Crippen LogP contribution in [0.25, 0.3) is 0 Å². The summed E-state index contributed by atoms with van der Waals surface area (Å²) in [7, 11) is 9.08. The minimum absolute atomic E-state index is 0.0199. The third-order valence-electron chi connectivity index (χ3n) is 16.2. The van der Waals surface area contributed by atoms with Crippen LogP contribution in [-0.4, -0.2) is 169 Å². The summed E-state index contributed by atoms with van der Waals surface area (Å²) in [6.45, 7) is 29.0. The fourth-order valence-corrected chi connectivity index (χ4v) is 11.4. The molecule has 2 aromatic carbocycles. The van der Waals surface area contributed by atoms with E-state index in [0.29, 0.717) is 86.6 Å². The van der Waals surface area contributed by atoms with Gasteiger partial charge < -0.3 is 27.8 Å². The SMILES string of the molecule is CC(C)C[C@H]1CO[C@H](C)CN(C)[C@@H](CC(C)C)CO[C@H](Cc2ccc(Cc3nnc(C4CC4)o3)cc2)CN(C)[C@@H](CC(C)C)CO[C@H](C)CN(C)[C@@H](CC(C)C)CO[C@H](Cc2ccc(Cc3nnc(C4CC4)o3)cc2)CN1C. The molecule has 0 amide bonds. The van der Waals surface area contributed by atoms with Crippen LogP contribution in [0.15, 0.2) is 57.4 Å². The first kappa shape index (κ1) is 62.0. The Balaban J connectivity index is 1.09. The molecule has 1 aliphatic heterocycles. The smallest absolute Gasteiger partial charge is 0.220 e. The number of benzene rings is 2. The number of rotatable bonds is 18. The van der Waals surface area contributed by atoms with Crippen LogP contribution in [0.1, 0.15) is 178 Å². The Morgan fingerprint density at radius 3 is 1.01 bits per heavy atom. The van der Waals surface area contributed by atoms with Crippen LogP contribution in [-0.2, 0) is 44.6 Å². The van der Waals surface area contributed by atoms with Crippen molar-refractivity contribution >= 4 is 0 Å². The molecule has 78 heavy (non-hydrogen) atoms. The Morgan fingerprint density at radius 2 is 0.705 bits per heavy atom. The molecular formula is C64H104N8O6. The molecule has 0 unspecified atom stereocenters. The van der Waals surface area contributed by atoms with Crippen LogP contribution in [0.3, 0.4) is 0 Å². The monoisotopic (exact) mass is 1080 g/mol. The molecule has 436 valence electrons. The number of nitrogens with zero attached hydrogens (tertiary/aromatic N) is 8. The van der Waals surface area contributed by atoms with Gasteiger partial charge in [-0.2, -0.15) is 0 Å². The van der Waals surface area contributed by atoms with Crippen molar-refractivity contribution in [2.75, 3.05) is 80.8 Å². The van der Waals surface area contributed by atoms with Crippen LogP contribution in [0.4, 0.5) is 0 Å². The molecule has 4 aromatic rings. The van der Waals surface area contributed by atoms with Gasteiger partial charge in [0.25, 0.3) is 0 Å². The van der Waals surface area contributed by atoms with E-state index in [2.05, 4.69) is 186 Å². The lowest BCUT2D eigenvalue weighted by Crippen LogP contribution is -2.47. The van der Waals surface area contributed by atoms with E-state index >= 15 is 0 Å². The normalized spacial score (nSPS) is 26.6. The predicted octanol–water partition coefficient (Wildman–Crippen LogP) is 11.2. The number of aromatic nitrogens is 4. The minimum atomic E-state index is -0.0199. The maximum atomic E-state index is 7.20. The Kier molecular flexibility index (Phi) is 24.2. The lowest BCUT2D eigenvalue weighted by molar-refractivity contribution is -0.0536. The van der Waals surface area contributed by atoms with E-state index in [-0.39, 0.29) is 48.6 Å². The number of hydrogen-bond acceptors (Lipinski definition) is 14. The molecule has 14 heteroatoms. The summed E-state index contributed by atoms with van der Waals surface area (Å²) in [5, 5.41) is 17.4. The van der Waals surface area contributed by atoms with Gasteiger partial charge in [0.2, 0.25) is 23.6 Å². The van der Waals surface area contributed by atoms with Crippen LogP contribution in [0, 0.1) is 23.7 Å². The third kappa shape index (κ3) is 21.1. The number of hydrogen-bond donors (Lipinski definition) is 0. The van der Waals surface area contributed by atoms with Crippen molar-refractivity contribution in [3.8, 4) is 0 Å². The first-order chi connectivity index (χ1) is 37.3. The van der Waals surface area contributed by atoms with Gasteiger partial charge >= 0.3 is 0 Å². The summed E-state index contributed by atoms with van der Waals surface area (Å²) >= 11 is 0. The molecule has 0 radical (unpaired) electrons. The van der Waals surface area contributed by atoms with E-state index in [4.69, 9.17) is 27.8 Å². The van der Waals surface area contributed by atoms with Crippen molar-refractivity contribution in [2.45, 2.75) is 207 Å². The second kappa shape index (κ2) is 30.5.